The van der Waals surface area contributed by atoms with Gasteiger partial charge in [0, 0.05) is 10.9 Å². The van der Waals surface area contributed by atoms with E-state index in [4.69, 9.17) is 10.2 Å². The van der Waals surface area contributed by atoms with Gasteiger partial charge >= 0.3 is 0 Å². The molecule has 0 fully saturated rings. The number of nitrogens with zero attached hydrogens (tertiary/aromatic N) is 4. The number of nitrogens with two attached hydrogens (primary N) is 1. The van der Waals surface area contributed by atoms with E-state index in [-0.39, 0.29) is 18.6 Å². The molecule has 0 saturated carbocycles. The van der Waals surface area contributed by atoms with Crippen LogP contribution < -0.4 is 11.1 Å². The maximum absolute atomic E-state index is 9.56. The first-order chi connectivity index (χ1) is 11.7. The first-order valence-corrected chi connectivity index (χ1v) is 7.92. The van der Waals surface area contributed by atoms with Gasteiger partial charge in [0.2, 0.25) is 18.2 Å². The van der Waals surface area contributed by atoms with E-state index in [1.165, 1.54) is 6.39 Å². The van der Waals surface area contributed by atoms with Crippen LogP contribution in [0.4, 0.5) is 11.8 Å². The van der Waals surface area contributed by atoms with Crippen LogP contribution in [0.3, 0.4) is 0 Å². The molecule has 1 aromatic carbocycles. The summed E-state index contributed by atoms with van der Waals surface area (Å²) in [7, 11) is 0. The standard InChI is InChI=1S/C16H20N6O2/c1-2-3-4-11(8-23)19-14-12-6-5-10(15-22-18-9-24-15)7-13(12)20-16(17)21-14/h5-7,9,11,23H,2-4,8H2,1H3,(H3,17,19,20,21). The fraction of sp³-hybridized carbons (Fsp3) is 0.375. The molecule has 0 spiro atoms. The van der Waals surface area contributed by atoms with Crippen molar-refractivity contribution in [3.8, 4) is 11.5 Å². The van der Waals surface area contributed by atoms with Crippen LogP contribution in [0.25, 0.3) is 22.4 Å². The van der Waals surface area contributed by atoms with Crippen LogP contribution in [0.5, 0.6) is 0 Å². The van der Waals surface area contributed by atoms with Crippen molar-refractivity contribution < 1.29 is 9.52 Å². The van der Waals surface area contributed by atoms with Crippen molar-refractivity contribution in [3.05, 3.63) is 24.6 Å². The first-order valence-electron chi connectivity index (χ1n) is 7.92. The molecule has 0 bridgehead atoms. The Balaban J connectivity index is 1.96. The van der Waals surface area contributed by atoms with Crippen LogP contribution in [0.15, 0.2) is 29.0 Å². The van der Waals surface area contributed by atoms with Gasteiger partial charge in [0.05, 0.1) is 18.2 Å². The Labute approximate surface area is 139 Å². The molecule has 3 rings (SSSR count). The van der Waals surface area contributed by atoms with Crippen molar-refractivity contribution in [3.63, 3.8) is 0 Å². The number of unbranched alkanes of at least 4 members (excludes halogenated alkanes) is 1. The van der Waals surface area contributed by atoms with E-state index in [1.807, 2.05) is 18.2 Å². The SMILES string of the molecule is CCCCC(CO)Nc1nc(N)nc2cc(-c3nnco3)ccc12. The minimum Gasteiger partial charge on any atom is -0.423 e. The molecule has 0 aliphatic heterocycles. The van der Waals surface area contributed by atoms with Gasteiger partial charge in [-0.1, -0.05) is 19.8 Å². The molecule has 0 amide bonds. The molecular weight excluding hydrogens is 308 g/mol. The molecule has 8 heteroatoms. The van der Waals surface area contributed by atoms with Crippen molar-refractivity contribution in [2.24, 2.45) is 0 Å². The molecule has 0 radical (unpaired) electrons. The van der Waals surface area contributed by atoms with E-state index < -0.39 is 0 Å². The molecule has 4 N–H and O–H groups in total. The Bertz CT molecular complexity index is 806. The van der Waals surface area contributed by atoms with Crippen LogP contribution >= 0.6 is 0 Å². The number of aliphatic hydroxyl groups excluding tert-OH is 1. The summed E-state index contributed by atoms with van der Waals surface area (Å²) in [5, 5.41) is 21.2. The normalized spacial score (nSPS) is 12.4. The number of anilines is 2. The minimum atomic E-state index is -0.0712. The number of benzene rings is 1. The molecular formula is C16H20N6O2. The van der Waals surface area contributed by atoms with Gasteiger partial charge in [0.15, 0.2) is 0 Å². The Morgan fingerprint density at radius 3 is 2.92 bits per heavy atom. The number of nitrogens with one attached hydrogen (secondary N) is 1. The van der Waals surface area contributed by atoms with Crippen molar-refractivity contribution >= 4 is 22.7 Å². The van der Waals surface area contributed by atoms with Crippen LogP contribution in [0.1, 0.15) is 26.2 Å². The average molecular weight is 328 g/mol. The van der Waals surface area contributed by atoms with Gasteiger partial charge in [0.1, 0.15) is 5.82 Å². The number of hydrogen-bond donors (Lipinski definition) is 3. The third kappa shape index (κ3) is 3.43. The Hall–Kier alpha value is -2.74. The molecule has 0 saturated heterocycles. The quantitative estimate of drug-likeness (QED) is 0.603. The maximum atomic E-state index is 9.56. The van der Waals surface area contributed by atoms with Crippen molar-refractivity contribution in [2.45, 2.75) is 32.2 Å². The summed E-state index contributed by atoms with van der Waals surface area (Å²) in [5.74, 6) is 1.20. The fourth-order valence-corrected chi connectivity index (χ4v) is 2.54. The van der Waals surface area contributed by atoms with Crippen LogP contribution in [0, 0.1) is 0 Å². The number of rotatable bonds is 7. The predicted octanol–water partition coefficient (Wildman–Crippen LogP) is 2.22. The summed E-state index contributed by atoms with van der Waals surface area (Å²) in [4.78, 5) is 8.56. The van der Waals surface area contributed by atoms with Gasteiger partial charge < -0.3 is 20.6 Å². The van der Waals surface area contributed by atoms with Gasteiger partial charge in [-0.2, -0.15) is 4.98 Å². The molecule has 126 valence electrons. The zero-order valence-electron chi connectivity index (χ0n) is 13.4. The number of fused-ring (bicyclic) bond motifs is 1. The number of nitrogen functional groups attached to an aromatic ring is 1. The van der Waals surface area contributed by atoms with Crippen LogP contribution in [0.2, 0.25) is 0 Å². The second-order valence-corrected chi connectivity index (χ2v) is 5.57. The monoisotopic (exact) mass is 328 g/mol. The molecule has 0 aliphatic rings. The number of hydrogen-bond acceptors (Lipinski definition) is 8. The van der Waals surface area contributed by atoms with Gasteiger partial charge in [0.25, 0.3) is 0 Å². The smallest absolute Gasteiger partial charge is 0.247 e. The minimum absolute atomic E-state index is 0.0332. The largest absolute Gasteiger partial charge is 0.423 e. The van der Waals surface area contributed by atoms with Crippen molar-refractivity contribution in [1.29, 1.82) is 0 Å². The Morgan fingerprint density at radius 2 is 2.21 bits per heavy atom. The second-order valence-electron chi connectivity index (χ2n) is 5.57. The van der Waals surface area contributed by atoms with E-state index in [0.29, 0.717) is 17.2 Å². The summed E-state index contributed by atoms with van der Waals surface area (Å²) in [6.07, 6.45) is 4.23. The van der Waals surface area contributed by atoms with Crippen LogP contribution in [-0.2, 0) is 0 Å². The summed E-state index contributed by atoms with van der Waals surface area (Å²) < 4.78 is 5.21. The zero-order chi connectivity index (χ0) is 16.9. The van der Waals surface area contributed by atoms with Crippen LogP contribution in [-0.4, -0.2) is 37.9 Å². The molecule has 24 heavy (non-hydrogen) atoms. The van der Waals surface area contributed by atoms with Crippen molar-refractivity contribution in [1.82, 2.24) is 20.2 Å². The summed E-state index contributed by atoms with van der Waals surface area (Å²) in [6.45, 7) is 2.15. The molecule has 8 nitrogen and oxygen atoms in total. The number of aromatic nitrogens is 4. The highest BCUT2D eigenvalue weighted by Gasteiger charge is 2.13. The summed E-state index contributed by atoms with van der Waals surface area (Å²) in [5.41, 5.74) is 7.27. The molecule has 0 aliphatic carbocycles. The van der Waals surface area contributed by atoms with E-state index in [1.54, 1.807) is 0 Å². The summed E-state index contributed by atoms with van der Waals surface area (Å²) in [6, 6.07) is 5.50. The Morgan fingerprint density at radius 1 is 1.33 bits per heavy atom. The van der Waals surface area contributed by atoms with E-state index in [0.717, 1.165) is 30.2 Å². The van der Waals surface area contributed by atoms with Gasteiger partial charge in [-0.15, -0.1) is 10.2 Å². The van der Waals surface area contributed by atoms with E-state index >= 15 is 0 Å². The second kappa shape index (κ2) is 7.22. The molecule has 2 aromatic heterocycles. The highest BCUT2D eigenvalue weighted by atomic mass is 16.4. The maximum Gasteiger partial charge on any atom is 0.247 e. The number of aliphatic hydroxyl groups is 1. The highest BCUT2D eigenvalue weighted by molar-refractivity contribution is 5.92. The topological polar surface area (TPSA) is 123 Å². The highest BCUT2D eigenvalue weighted by Crippen LogP contribution is 2.27. The van der Waals surface area contributed by atoms with Gasteiger partial charge in [-0.3, -0.25) is 0 Å². The predicted molar refractivity (Wildman–Crippen MR) is 91.3 cm³/mol. The summed E-state index contributed by atoms with van der Waals surface area (Å²) >= 11 is 0. The third-order valence-corrected chi connectivity index (χ3v) is 3.79. The van der Waals surface area contributed by atoms with E-state index in [9.17, 15) is 5.11 Å². The van der Waals surface area contributed by atoms with Gasteiger partial charge in [-0.05, 0) is 24.6 Å². The lowest BCUT2D eigenvalue weighted by molar-refractivity contribution is 0.267. The lowest BCUT2D eigenvalue weighted by atomic mass is 10.1. The third-order valence-electron chi connectivity index (χ3n) is 3.79. The molecule has 1 atom stereocenters. The molecule has 2 heterocycles. The molecule has 1 unspecified atom stereocenters. The fourth-order valence-electron chi connectivity index (χ4n) is 2.54. The zero-order valence-corrected chi connectivity index (χ0v) is 13.4. The van der Waals surface area contributed by atoms with Crippen molar-refractivity contribution in [2.75, 3.05) is 17.7 Å². The lowest BCUT2D eigenvalue weighted by Crippen LogP contribution is -2.24. The van der Waals surface area contributed by atoms with Gasteiger partial charge in [-0.25, -0.2) is 4.98 Å². The Kier molecular flexibility index (Phi) is 4.85. The molecule has 3 aromatic rings. The van der Waals surface area contributed by atoms with E-state index in [2.05, 4.69) is 32.4 Å². The first kappa shape index (κ1) is 16.1. The average Bonchev–Trinajstić information content (AvgIpc) is 3.12. The lowest BCUT2D eigenvalue weighted by Gasteiger charge is -2.18.